The Morgan fingerprint density at radius 3 is 2.71 bits per heavy atom. The van der Waals surface area contributed by atoms with Crippen LogP contribution < -0.4 is 20.5 Å². The molecule has 0 saturated carbocycles. The molecule has 0 saturated heterocycles. The number of aliphatic imine (C=N–C) groups is 1. The largest absolute Gasteiger partial charge is 0.573 e. The Morgan fingerprint density at radius 1 is 1.25 bits per heavy atom. The number of pyridine rings is 1. The van der Waals surface area contributed by atoms with Gasteiger partial charge in [0.15, 0.2) is 11.7 Å². The first-order valence-corrected chi connectivity index (χ1v) is 6.78. The summed E-state index contributed by atoms with van der Waals surface area (Å²) in [7, 11) is 1.47. The summed E-state index contributed by atoms with van der Waals surface area (Å²) in [5.41, 5.74) is 6.45. The van der Waals surface area contributed by atoms with Crippen LogP contribution in [-0.2, 0) is 6.54 Å². The average Bonchev–Trinajstić information content (AvgIpc) is 2.53. The van der Waals surface area contributed by atoms with E-state index in [0.717, 1.165) is 0 Å². The Balaban J connectivity index is 2.10. The van der Waals surface area contributed by atoms with Crippen molar-refractivity contribution in [1.82, 2.24) is 4.98 Å². The number of ether oxygens (including phenoxy) is 2. The topological polar surface area (TPSA) is 81.8 Å². The number of nitrogens with two attached hydrogens (primary N) is 1. The zero-order chi connectivity index (χ0) is 17.6. The van der Waals surface area contributed by atoms with Gasteiger partial charge in [0.25, 0.3) is 0 Å². The number of hydrogen-bond donors (Lipinski definition) is 2. The standard InChI is InChI=1S/C15H15F3N4O2/c1-23-13-10(5-4-8-20-13)9-21-14(19)22-11-6-2-3-7-12(11)24-15(16,17)18/h2-8H,9H2,1H3,(H3,19,21,22). The molecule has 0 radical (unpaired) electrons. The number of alkyl halides is 3. The quantitative estimate of drug-likeness (QED) is 0.646. The van der Waals surface area contributed by atoms with Crippen molar-refractivity contribution in [3.63, 3.8) is 0 Å². The number of hydrogen-bond acceptors (Lipinski definition) is 4. The molecule has 0 aliphatic rings. The number of benzene rings is 1. The van der Waals surface area contributed by atoms with Crippen LogP contribution in [0, 0.1) is 0 Å². The molecule has 0 bridgehead atoms. The van der Waals surface area contributed by atoms with Crippen LogP contribution in [0.4, 0.5) is 18.9 Å². The predicted octanol–water partition coefficient (Wildman–Crippen LogP) is 2.92. The highest BCUT2D eigenvalue weighted by Gasteiger charge is 2.32. The van der Waals surface area contributed by atoms with E-state index in [4.69, 9.17) is 10.5 Å². The zero-order valence-corrected chi connectivity index (χ0v) is 12.7. The van der Waals surface area contributed by atoms with Gasteiger partial charge in [-0.3, -0.25) is 0 Å². The third-order valence-electron chi connectivity index (χ3n) is 2.84. The first kappa shape index (κ1) is 17.4. The van der Waals surface area contributed by atoms with E-state index < -0.39 is 12.1 Å². The van der Waals surface area contributed by atoms with Crippen LogP contribution in [0.3, 0.4) is 0 Å². The molecule has 1 aromatic carbocycles. The molecular formula is C15H15F3N4O2. The summed E-state index contributed by atoms with van der Waals surface area (Å²) >= 11 is 0. The Morgan fingerprint density at radius 2 is 2.00 bits per heavy atom. The van der Waals surface area contributed by atoms with Gasteiger partial charge >= 0.3 is 6.36 Å². The molecule has 0 atom stereocenters. The van der Waals surface area contributed by atoms with E-state index >= 15 is 0 Å². The number of aromatic nitrogens is 1. The van der Waals surface area contributed by atoms with Crippen LogP contribution in [0.5, 0.6) is 11.6 Å². The molecular weight excluding hydrogens is 325 g/mol. The lowest BCUT2D eigenvalue weighted by Gasteiger charge is -2.14. The second-order valence-electron chi connectivity index (χ2n) is 4.54. The summed E-state index contributed by atoms with van der Waals surface area (Å²) in [6.07, 6.45) is -3.23. The minimum Gasteiger partial charge on any atom is -0.481 e. The van der Waals surface area contributed by atoms with Crippen molar-refractivity contribution < 1.29 is 22.6 Å². The highest BCUT2D eigenvalue weighted by Crippen LogP contribution is 2.29. The molecule has 3 N–H and O–H groups in total. The smallest absolute Gasteiger partial charge is 0.481 e. The van der Waals surface area contributed by atoms with Crippen LogP contribution in [-0.4, -0.2) is 24.4 Å². The fourth-order valence-corrected chi connectivity index (χ4v) is 1.86. The second kappa shape index (κ2) is 7.53. The van der Waals surface area contributed by atoms with Gasteiger partial charge in [0.1, 0.15) is 0 Å². The molecule has 9 heteroatoms. The molecule has 1 heterocycles. The zero-order valence-electron chi connectivity index (χ0n) is 12.7. The van der Waals surface area contributed by atoms with Gasteiger partial charge in [-0.2, -0.15) is 0 Å². The molecule has 0 aliphatic carbocycles. The number of rotatable bonds is 5. The van der Waals surface area contributed by atoms with Gasteiger partial charge in [-0.1, -0.05) is 18.2 Å². The van der Waals surface area contributed by atoms with Crippen LogP contribution in [0.1, 0.15) is 5.56 Å². The third-order valence-corrected chi connectivity index (χ3v) is 2.84. The number of nitrogens with zero attached hydrogens (tertiary/aromatic N) is 2. The van der Waals surface area contributed by atoms with E-state index in [-0.39, 0.29) is 18.2 Å². The number of halogens is 3. The predicted molar refractivity (Wildman–Crippen MR) is 82.9 cm³/mol. The maximum Gasteiger partial charge on any atom is 0.573 e. The van der Waals surface area contributed by atoms with Crippen LogP contribution in [0.25, 0.3) is 0 Å². The first-order chi connectivity index (χ1) is 11.4. The van der Waals surface area contributed by atoms with Crippen molar-refractivity contribution in [3.05, 3.63) is 48.2 Å². The van der Waals surface area contributed by atoms with E-state index in [1.807, 2.05) is 0 Å². The van der Waals surface area contributed by atoms with E-state index in [1.165, 1.54) is 25.3 Å². The summed E-state index contributed by atoms with van der Waals surface area (Å²) in [5, 5.41) is 2.58. The Labute approximate surface area is 136 Å². The molecule has 0 spiro atoms. The molecule has 0 fully saturated rings. The summed E-state index contributed by atoms with van der Waals surface area (Å²) in [5.74, 6) is -0.0731. The molecule has 2 aromatic rings. The molecule has 0 unspecified atom stereocenters. The Kier molecular flexibility index (Phi) is 5.46. The van der Waals surface area contributed by atoms with Crippen molar-refractivity contribution >= 4 is 11.6 Å². The molecule has 1 aromatic heterocycles. The maximum absolute atomic E-state index is 12.4. The molecule has 2 rings (SSSR count). The fourth-order valence-electron chi connectivity index (χ4n) is 1.86. The van der Waals surface area contributed by atoms with Crippen molar-refractivity contribution in [2.75, 3.05) is 12.4 Å². The summed E-state index contributed by atoms with van der Waals surface area (Å²) in [6.45, 7) is 0.151. The monoisotopic (exact) mass is 340 g/mol. The third kappa shape index (κ3) is 5.04. The molecule has 0 aliphatic heterocycles. The van der Waals surface area contributed by atoms with Gasteiger partial charge in [0.05, 0.1) is 19.3 Å². The van der Waals surface area contributed by atoms with Gasteiger partial charge < -0.3 is 20.5 Å². The van der Waals surface area contributed by atoms with Crippen LogP contribution in [0.2, 0.25) is 0 Å². The highest BCUT2D eigenvalue weighted by molar-refractivity contribution is 5.93. The number of methoxy groups -OCH3 is 1. The maximum atomic E-state index is 12.4. The Hall–Kier alpha value is -2.97. The molecule has 0 amide bonds. The van der Waals surface area contributed by atoms with Crippen molar-refractivity contribution in [1.29, 1.82) is 0 Å². The lowest BCUT2D eigenvalue weighted by molar-refractivity contribution is -0.274. The normalized spacial score (nSPS) is 11.9. The van der Waals surface area contributed by atoms with E-state index in [9.17, 15) is 13.2 Å². The summed E-state index contributed by atoms with van der Waals surface area (Å²) in [4.78, 5) is 8.08. The minimum absolute atomic E-state index is 0.0502. The van der Waals surface area contributed by atoms with E-state index in [1.54, 1.807) is 24.4 Å². The van der Waals surface area contributed by atoms with Crippen LogP contribution >= 0.6 is 0 Å². The van der Waals surface area contributed by atoms with Crippen molar-refractivity contribution in [3.8, 4) is 11.6 Å². The number of anilines is 1. The molecule has 6 nitrogen and oxygen atoms in total. The lowest BCUT2D eigenvalue weighted by atomic mass is 10.3. The summed E-state index contributed by atoms with van der Waals surface area (Å²) in [6, 6.07) is 9.00. The van der Waals surface area contributed by atoms with Gasteiger partial charge in [0.2, 0.25) is 5.88 Å². The molecule has 24 heavy (non-hydrogen) atoms. The van der Waals surface area contributed by atoms with E-state index in [2.05, 4.69) is 20.0 Å². The van der Waals surface area contributed by atoms with E-state index in [0.29, 0.717) is 11.4 Å². The first-order valence-electron chi connectivity index (χ1n) is 6.78. The van der Waals surface area contributed by atoms with Crippen LogP contribution in [0.15, 0.2) is 47.6 Å². The number of nitrogens with one attached hydrogen (secondary N) is 1. The second-order valence-corrected chi connectivity index (χ2v) is 4.54. The SMILES string of the molecule is COc1ncccc1CN=C(N)Nc1ccccc1OC(F)(F)F. The van der Waals surface area contributed by atoms with Gasteiger partial charge in [-0.15, -0.1) is 13.2 Å². The minimum atomic E-state index is -4.80. The lowest BCUT2D eigenvalue weighted by Crippen LogP contribution is -2.24. The van der Waals surface area contributed by atoms with Gasteiger partial charge in [0, 0.05) is 11.8 Å². The van der Waals surface area contributed by atoms with Gasteiger partial charge in [-0.25, -0.2) is 9.98 Å². The highest BCUT2D eigenvalue weighted by atomic mass is 19.4. The summed E-state index contributed by atoms with van der Waals surface area (Å²) < 4.78 is 46.2. The Bertz CT molecular complexity index is 720. The van der Waals surface area contributed by atoms with Gasteiger partial charge in [-0.05, 0) is 18.2 Å². The van der Waals surface area contributed by atoms with Crippen molar-refractivity contribution in [2.24, 2.45) is 10.7 Å². The average molecular weight is 340 g/mol. The van der Waals surface area contributed by atoms with Crippen molar-refractivity contribution in [2.45, 2.75) is 12.9 Å². The fraction of sp³-hybridized carbons (Fsp3) is 0.200. The number of para-hydroxylation sites is 2. The number of guanidine groups is 1. The molecule has 128 valence electrons.